The first kappa shape index (κ1) is 5.85. The quantitative estimate of drug-likeness (QED) is 0.504. The zero-order chi connectivity index (χ0) is 6.53. The molecule has 4 heteroatoms. The Bertz CT molecular complexity index is 207. The van der Waals surface area contributed by atoms with Crippen LogP contribution in [0.4, 0.5) is 0 Å². The molecular formula is C5H6N4. The van der Waals surface area contributed by atoms with Gasteiger partial charge in [-0.15, -0.1) is 20.4 Å². The summed E-state index contributed by atoms with van der Waals surface area (Å²) in [7, 11) is 0. The van der Waals surface area contributed by atoms with Gasteiger partial charge in [-0.2, -0.15) is 0 Å². The predicted octanol–water partition coefficient (Wildman–Crippen LogP) is 1.36. The van der Waals surface area contributed by atoms with E-state index in [1.807, 2.05) is 6.92 Å². The minimum Gasteiger partial charge on any atom is -0.144 e. The van der Waals surface area contributed by atoms with Crippen LogP contribution in [0, 0.1) is 0 Å². The number of nitrogens with zero attached hydrogens (tertiary/aromatic N) is 4. The van der Waals surface area contributed by atoms with E-state index >= 15 is 0 Å². The fourth-order valence-corrected chi connectivity index (χ4v) is 0.403. The average Bonchev–Trinajstić information content (AvgIpc) is 2.13. The monoisotopic (exact) mass is 122 g/mol. The maximum absolute atomic E-state index is 3.73. The summed E-state index contributed by atoms with van der Waals surface area (Å²) < 4.78 is 0. The Morgan fingerprint density at radius 2 is 2.56 bits per heavy atom. The summed E-state index contributed by atoms with van der Waals surface area (Å²) in [6, 6.07) is 0. The Morgan fingerprint density at radius 1 is 1.67 bits per heavy atom. The number of allylic oxidation sites excluding steroid dienone is 1. The SMILES string of the molecule is CCC1=C=NN=CN=N1. The van der Waals surface area contributed by atoms with E-state index in [0.29, 0.717) is 0 Å². The fourth-order valence-electron chi connectivity index (χ4n) is 0.403. The molecule has 0 bridgehead atoms. The third-order valence-corrected chi connectivity index (χ3v) is 0.853. The lowest BCUT2D eigenvalue weighted by molar-refractivity contribution is 1.04. The minimum atomic E-state index is 0.729. The molecule has 0 atom stereocenters. The van der Waals surface area contributed by atoms with Gasteiger partial charge in [-0.1, -0.05) is 6.92 Å². The molecule has 0 unspecified atom stereocenters. The number of rotatable bonds is 1. The third kappa shape index (κ3) is 1.58. The molecular weight excluding hydrogens is 116 g/mol. The molecule has 0 saturated heterocycles. The first-order valence-electron chi connectivity index (χ1n) is 2.67. The Morgan fingerprint density at radius 3 is 3.33 bits per heavy atom. The Balaban J connectivity index is 2.84. The van der Waals surface area contributed by atoms with Gasteiger partial charge in [0.15, 0.2) is 6.34 Å². The van der Waals surface area contributed by atoms with Crippen LogP contribution < -0.4 is 0 Å². The van der Waals surface area contributed by atoms with Crippen molar-refractivity contribution in [3.8, 4) is 0 Å². The fraction of sp³-hybridized carbons (Fsp3) is 0.400. The van der Waals surface area contributed by atoms with Gasteiger partial charge in [0.2, 0.25) is 0 Å². The normalized spacial score (nSPS) is 15.4. The zero-order valence-electron chi connectivity index (χ0n) is 5.07. The molecule has 0 aliphatic carbocycles. The molecule has 46 valence electrons. The molecule has 0 aromatic rings. The van der Waals surface area contributed by atoms with E-state index < -0.39 is 0 Å². The molecule has 1 aliphatic rings. The summed E-state index contributed by atoms with van der Waals surface area (Å²) in [4.78, 5) is 0. The first-order valence-corrected chi connectivity index (χ1v) is 2.67. The van der Waals surface area contributed by atoms with Gasteiger partial charge in [-0.3, -0.25) is 0 Å². The van der Waals surface area contributed by atoms with E-state index in [1.165, 1.54) is 6.34 Å². The lowest BCUT2D eigenvalue weighted by atomic mass is 10.4. The second kappa shape index (κ2) is 2.89. The Labute approximate surface area is 52.7 Å². The van der Waals surface area contributed by atoms with Crippen LogP contribution >= 0.6 is 0 Å². The maximum Gasteiger partial charge on any atom is 0.161 e. The molecule has 1 aliphatic heterocycles. The topological polar surface area (TPSA) is 49.4 Å². The van der Waals surface area contributed by atoms with Crippen LogP contribution in [0.5, 0.6) is 0 Å². The van der Waals surface area contributed by atoms with E-state index in [9.17, 15) is 0 Å². The molecule has 0 aromatic heterocycles. The number of azo groups is 1. The predicted molar refractivity (Wildman–Crippen MR) is 34.6 cm³/mol. The molecule has 0 amide bonds. The standard InChI is InChI=1S/C5H6N4/c1-2-5-3-6-7-4-8-9-5/h4H,2H2,1H3. The van der Waals surface area contributed by atoms with Crippen molar-refractivity contribution in [2.45, 2.75) is 13.3 Å². The van der Waals surface area contributed by atoms with Crippen molar-refractivity contribution < 1.29 is 0 Å². The summed E-state index contributed by atoms with van der Waals surface area (Å²) in [6.45, 7) is 1.96. The molecule has 0 fully saturated rings. The highest BCUT2D eigenvalue weighted by molar-refractivity contribution is 5.62. The third-order valence-electron chi connectivity index (χ3n) is 0.853. The van der Waals surface area contributed by atoms with Crippen LogP contribution in [0.25, 0.3) is 0 Å². The zero-order valence-corrected chi connectivity index (χ0v) is 5.07. The average molecular weight is 122 g/mol. The molecule has 9 heavy (non-hydrogen) atoms. The molecule has 4 nitrogen and oxygen atoms in total. The summed E-state index contributed by atoms with van der Waals surface area (Å²) in [5, 5.41) is 14.3. The second-order valence-corrected chi connectivity index (χ2v) is 1.46. The van der Waals surface area contributed by atoms with Crippen LogP contribution in [0.15, 0.2) is 26.1 Å². The molecule has 0 radical (unpaired) electrons. The van der Waals surface area contributed by atoms with Crippen molar-refractivity contribution in [2.75, 3.05) is 0 Å². The van der Waals surface area contributed by atoms with Crippen LogP contribution in [-0.2, 0) is 0 Å². The molecule has 1 rings (SSSR count). The summed E-state index contributed by atoms with van der Waals surface area (Å²) in [5.41, 5.74) is 0.729. The van der Waals surface area contributed by atoms with Crippen molar-refractivity contribution >= 4 is 12.2 Å². The summed E-state index contributed by atoms with van der Waals surface area (Å²) in [5.74, 6) is 2.61. The van der Waals surface area contributed by atoms with Crippen molar-refractivity contribution in [3.05, 3.63) is 5.70 Å². The minimum absolute atomic E-state index is 0.729. The Kier molecular flexibility index (Phi) is 1.88. The van der Waals surface area contributed by atoms with Gasteiger partial charge >= 0.3 is 0 Å². The second-order valence-electron chi connectivity index (χ2n) is 1.46. The van der Waals surface area contributed by atoms with E-state index in [-0.39, 0.29) is 0 Å². The highest BCUT2D eigenvalue weighted by Gasteiger charge is 1.87. The van der Waals surface area contributed by atoms with Crippen LogP contribution in [0.1, 0.15) is 13.3 Å². The van der Waals surface area contributed by atoms with E-state index in [2.05, 4.69) is 26.3 Å². The summed E-state index contributed by atoms with van der Waals surface area (Å²) >= 11 is 0. The lowest BCUT2D eigenvalue weighted by Crippen LogP contribution is -1.71. The van der Waals surface area contributed by atoms with Gasteiger partial charge < -0.3 is 0 Å². The first-order chi connectivity index (χ1) is 4.43. The van der Waals surface area contributed by atoms with Crippen molar-refractivity contribution in [3.63, 3.8) is 0 Å². The molecule has 1 heterocycles. The number of hydrogen-bond donors (Lipinski definition) is 0. The van der Waals surface area contributed by atoms with Gasteiger partial charge in [0.25, 0.3) is 0 Å². The molecule has 0 saturated carbocycles. The van der Waals surface area contributed by atoms with E-state index in [0.717, 1.165) is 12.1 Å². The van der Waals surface area contributed by atoms with Crippen molar-refractivity contribution in [2.24, 2.45) is 20.4 Å². The van der Waals surface area contributed by atoms with E-state index in [4.69, 9.17) is 0 Å². The highest BCUT2D eigenvalue weighted by atomic mass is 15.3. The van der Waals surface area contributed by atoms with Gasteiger partial charge in [0.1, 0.15) is 5.70 Å². The molecule has 0 spiro atoms. The maximum atomic E-state index is 3.73. The van der Waals surface area contributed by atoms with Gasteiger partial charge in [-0.05, 0) is 6.42 Å². The highest BCUT2D eigenvalue weighted by Crippen LogP contribution is 1.98. The van der Waals surface area contributed by atoms with Gasteiger partial charge in [0.05, 0.1) is 0 Å². The molecule has 0 N–H and O–H groups in total. The largest absolute Gasteiger partial charge is 0.161 e. The van der Waals surface area contributed by atoms with Crippen LogP contribution in [0.2, 0.25) is 0 Å². The Hall–Kier alpha value is -1.28. The van der Waals surface area contributed by atoms with Gasteiger partial charge in [0, 0.05) is 5.87 Å². The van der Waals surface area contributed by atoms with Crippen molar-refractivity contribution in [1.82, 2.24) is 0 Å². The number of hydrogen-bond acceptors (Lipinski definition) is 4. The van der Waals surface area contributed by atoms with Crippen LogP contribution in [-0.4, -0.2) is 12.2 Å². The van der Waals surface area contributed by atoms with Crippen molar-refractivity contribution in [1.29, 1.82) is 0 Å². The molecule has 0 aromatic carbocycles. The summed E-state index contributed by atoms with van der Waals surface area (Å²) in [6.07, 6.45) is 2.08. The smallest absolute Gasteiger partial charge is 0.144 e. The van der Waals surface area contributed by atoms with Gasteiger partial charge in [-0.25, -0.2) is 0 Å². The van der Waals surface area contributed by atoms with E-state index in [1.54, 1.807) is 0 Å². The van der Waals surface area contributed by atoms with Crippen LogP contribution in [0.3, 0.4) is 0 Å². The lowest BCUT2D eigenvalue weighted by Gasteiger charge is -1.81.